The van der Waals surface area contributed by atoms with Crippen LogP contribution in [0, 0.1) is 0 Å². The molecule has 5 nitrogen and oxygen atoms in total. The number of rotatable bonds is 4. The lowest BCUT2D eigenvalue weighted by Gasteiger charge is -2.27. The van der Waals surface area contributed by atoms with Gasteiger partial charge >= 0.3 is 5.97 Å². The van der Waals surface area contributed by atoms with E-state index in [1.807, 2.05) is 30.3 Å². The molecule has 0 aliphatic carbocycles. The molecule has 0 saturated carbocycles. The minimum Gasteiger partial charge on any atom is -0.486 e. The molecular formula is C18H16O5. The van der Waals surface area contributed by atoms with Crippen LogP contribution < -0.4 is 9.47 Å². The van der Waals surface area contributed by atoms with Gasteiger partial charge in [0.15, 0.2) is 17.6 Å². The number of esters is 1. The van der Waals surface area contributed by atoms with Gasteiger partial charge in [-0.1, -0.05) is 30.3 Å². The van der Waals surface area contributed by atoms with Crippen molar-refractivity contribution in [3.8, 4) is 11.5 Å². The van der Waals surface area contributed by atoms with Crippen LogP contribution in [0.5, 0.6) is 11.5 Å². The molecule has 0 N–H and O–H groups in total. The lowest BCUT2D eigenvalue weighted by Crippen LogP contribution is -2.33. The average Bonchev–Trinajstić information content (AvgIpc) is 2.97. The van der Waals surface area contributed by atoms with Crippen molar-refractivity contribution in [2.75, 3.05) is 13.2 Å². The first-order valence-corrected chi connectivity index (χ1v) is 7.55. The van der Waals surface area contributed by atoms with Gasteiger partial charge in [-0.2, -0.15) is 0 Å². The molecule has 0 spiro atoms. The van der Waals surface area contributed by atoms with E-state index in [9.17, 15) is 4.79 Å². The highest BCUT2D eigenvalue weighted by atomic mass is 16.6. The quantitative estimate of drug-likeness (QED) is 0.813. The Morgan fingerprint density at radius 3 is 2.83 bits per heavy atom. The molecule has 0 bridgehead atoms. The number of ether oxygens (including phenoxy) is 4. The Hall–Kier alpha value is -2.53. The van der Waals surface area contributed by atoms with E-state index >= 15 is 0 Å². The molecule has 1 atom stereocenters. The molecule has 4 rings (SSSR count). The topological polar surface area (TPSA) is 54.0 Å². The normalized spacial score (nSPS) is 18.4. The minimum atomic E-state index is -0.311. The summed E-state index contributed by atoms with van der Waals surface area (Å²) in [5.74, 6) is 0.947. The number of hydrogen-bond donors (Lipinski definition) is 0. The highest BCUT2D eigenvalue weighted by molar-refractivity contribution is 5.94. The van der Waals surface area contributed by atoms with Gasteiger partial charge in [-0.05, 0) is 17.7 Å². The van der Waals surface area contributed by atoms with Gasteiger partial charge in [-0.15, -0.1) is 0 Å². The summed E-state index contributed by atoms with van der Waals surface area (Å²) in [6.07, 6.45) is -0.201. The van der Waals surface area contributed by atoms with Crippen molar-refractivity contribution in [2.24, 2.45) is 0 Å². The number of hydrogen-bond acceptors (Lipinski definition) is 5. The van der Waals surface area contributed by atoms with Gasteiger partial charge in [0.25, 0.3) is 0 Å². The second-order valence-electron chi connectivity index (χ2n) is 5.55. The minimum absolute atomic E-state index is 0.201. The molecular weight excluding hydrogens is 296 g/mol. The summed E-state index contributed by atoms with van der Waals surface area (Å²) >= 11 is 0. The van der Waals surface area contributed by atoms with Crippen molar-refractivity contribution in [2.45, 2.75) is 19.3 Å². The third kappa shape index (κ3) is 2.75. The second kappa shape index (κ2) is 5.93. The zero-order chi connectivity index (χ0) is 15.6. The van der Waals surface area contributed by atoms with Gasteiger partial charge in [0.05, 0.1) is 18.8 Å². The van der Waals surface area contributed by atoms with Crippen LogP contribution in [0.2, 0.25) is 0 Å². The van der Waals surface area contributed by atoms with Crippen LogP contribution in [0.1, 0.15) is 21.5 Å². The van der Waals surface area contributed by atoms with Crippen molar-refractivity contribution in [3.63, 3.8) is 0 Å². The fourth-order valence-corrected chi connectivity index (χ4v) is 2.75. The van der Waals surface area contributed by atoms with Crippen LogP contribution in [0.15, 0.2) is 42.5 Å². The highest BCUT2D eigenvalue weighted by Gasteiger charge is 2.31. The fraction of sp³-hybridized carbons (Fsp3) is 0.278. The largest absolute Gasteiger partial charge is 0.486 e. The van der Waals surface area contributed by atoms with Gasteiger partial charge in [0.2, 0.25) is 0 Å². The molecule has 2 aromatic carbocycles. The summed E-state index contributed by atoms with van der Waals surface area (Å²) in [6, 6.07) is 13.4. The Kier molecular flexibility index (Phi) is 3.63. The first-order valence-electron chi connectivity index (χ1n) is 7.55. The number of carbonyl (C=O) groups is 1. The van der Waals surface area contributed by atoms with Crippen molar-refractivity contribution < 1.29 is 23.7 Å². The average molecular weight is 312 g/mol. The number of cyclic esters (lactones) is 1. The molecule has 23 heavy (non-hydrogen) atoms. The van der Waals surface area contributed by atoms with Gasteiger partial charge in [0, 0.05) is 5.56 Å². The maximum Gasteiger partial charge on any atom is 0.339 e. The van der Waals surface area contributed by atoms with E-state index in [-0.39, 0.29) is 18.7 Å². The molecule has 2 aliphatic heterocycles. The lowest BCUT2D eigenvalue weighted by atomic mass is 10.1. The van der Waals surface area contributed by atoms with Crippen LogP contribution in [0.4, 0.5) is 0 Å². The van der Waals surface area contributed by atoms with E-state index in [1.165, 1.54) is 0 Å². The molecule has 0 radical (unpaired) electrons. The first kappa shape index (κ1) is 14.1. The zero-order valence-electron chi connectivity index (χ0n) is 12.5. The van der Waals surface area contributed by atoms with E-state index in [0.29, 0.717) is 36.9 Å². The third-order valence-electron chi connectivity index (χ3n) is 3.92. The summed E-state index contributed by atoms with van der Waals surface area (Å²) < 4.78 is 22.5. The van der Waals surface area contributed by atoms with Gasteiger partial charge in [-0.3, -0.25) is 0 Å². The SMILES string of the molecule is O=C1OCc2c1ccc1c2OC(COCc2ccccc2)CO1. The van der Waals surface area contributed by atoms with Gasteiger partial charge < -0.3 is 18.9 Å². The van der Waals surface area contributed by atoms with Gasteiger partial charge in [0.1, 0.15) is 13.2 Å². The molecule has 1 unspecified atom stereocenters. The molecule has 0 fully saturated rings. The molecule has 0 aromatic heterocycles. The molecule has 2 aliphatic rings. The maximum atomic E-state index is 11.6. The fourth-order valence-electron chi connectivity index (χ4n) is 2.75. The lowest BCUT2D eigenvalue weighted by molar-refractivity contribution is 0.00164. The molecule has 0 amide bonds. The summed E-state index contributed by atoms with van der Waals surface area (Å²) in [5, 5.41) is 0. The molecule has 2 heterocycles. The van der Waals surface area contributed by atoms with Crippen molar-refractivity contribution in [1.29, 1.82) is 0 Å². The smallest absolute Gasteiger partial charge is 0.339 e. The Labute approximate surface area is 133 Å². The van der Waals surface area contributed by atoms with E-state index < -0.39 is 0 Å². The van der Waals surface area contributed by atoms with E-state index in [0.717, 1.165) is 11.1 Å². The predicted molar refractivity (Wildman–Crippen MR) is 81.6 cm³/mol. The Morgan fingerprint density at radius 1 is 1.09 bits per heavy atom. The van der Waals surface area contributed by atoms with Crippen molar-refractivity contribution in [3.05, 3.63) is 59.2 Å². The molecule has 0 saturated heterocycles. The third-order valence-corrected chi connectivity index (χ3v) is 3.92. The zero-order valence-corrected chi connectivity index (χ0v) is 12.5. The van der Waals surface area contributed by atoms with Crippen molar-refractivity contribution in [1.82, 2.24) is 0 Å². The Balaban J connectivity index is 1.42. The summed E-state index contributed by atoms with van der Waals surface area (Å²) in [6.45, 7) is 1.61. The summed E-state index contributed by atoms with van der Waals surface area (Å²) in [4.78, 5) is 11.6. The molecule has 2 aromatic rings. The highest BCUT2D eigenvalue weighted by Crippen LogP contribution is 2.40. The second-order valence-corrected chi connectivity index (χ2v) is 5.55. The first-order chi connectivity index (χ1) is 11.3. The van der Waals surface area contributed by atoms with Gasteiger partial charge in [-0.25, -0.2) is 4.79 Å². The van der Waals surface area contributed by atoms with Crippen LogP contribution in [-0.2, 0) is 22.7 Å². The molecule has 118 valence electrons. The van der Waals surface area contributed by atoms with Crippen LogP contribution in [-0.4, -0.2) is 25.3 Å². The van der Waals surface area contributed by atoms with Crippen LogP contribution >= 0.6 is 0 Å². The number of fused-ring (bicyclic) bond motifs is 3. The predicted octanol–water partition coefficient (Wildman–Crippen LogP) is 2.71. The maximum absolute atomic E-state index is 11.6. The number of benzene rings is 2. The van der Waals surface area contributed by atoms with E-state index in [1.54, 1.807) is 12.1 Å². The van der Waals surface area contributed by atoms with Crippen LogP contribution in [0.3, 0.4) is 0 Å². The van der Waals surface area contributed by atoms with E-state index in [4.69, 9.17) is 18.9 Å². The Bertz CT molecular complexity index is 726. The van der Waals surface area contributed by atoms with E-state index in [2.05, 4.69) is 0 Å². The van der Waals surface area contributed by atoms with Crippen LogP contribution in [0.25, 0.3) is 0 Å². The summed E-state index contributed by atoms with van der Waals surface area (Å²) in [7, 11) is 0. The number of carbonyl (C=O) groups excluding carboxylic acids is 1. The van der Waals surface area contributed by atoms with Crippen molar-refractivity contribution >= 4 is 5.97 Å². The standard InChI is InChI=1S/C18H16O5/c19-18-14-6-7-16-17(15(14)11-22-18)23-13(10-21-16)9-20-8-12-4-2-1-3-5-12/h1-7,13H,8-11H2. The monoisotopic (exact) mass is 312 g/mol. The molecule has 5 heteroatoms. The Morgan fingerprint density at radius 2 is 1.96 bits per heavy atom. The summed E-state index contributed by atoms with van der Waals surface area (Å²) in [5.41, 5.74) is 2.43.